The highest BCUT2D eigenvalue weighted by molar-refractivity contribution is 4.85. The van der Waals surface area contributed by atoms with Crippen LogP contribution in [-0.4, -0.2) is 48.1 Å². The van der Waals surface area contributed by atoms with Crippen LogP contribution in [0.15, 0.2) is 0 Å². The molecule has 0 aromatic rings. The Hall–Kier alpha value is -0.0800. The Balaban J connectivity index is 1.86. The first kappa shape index (κ1) is 12.4. The molecule has 2 nitrogen and oxygen atoms in total. The molecule has 0 unspecified atom stereocenters. The van der Waals surface area contributed by atoms with E-state index in [2.05, 4.69) is 23.6 Å². The van der Waals surface area contributed by atoms with Gasteiger partial charge in [-0.05, 0) is 58.3 Å². The van der Waals surface area contributed by atoms with Gasteiger partial charge in [-0.1, -0.05) is 20.3 Å². The summed E-state index contributed by atoms with van der Waals surface area (Å²) in [6.07, 6.45) is 8.51. The maximum absolute atomic E-state index is 2.84. The van der Waals surface area contributed by atoms with Gasteiger partial charge < -0.3 is 4.90 Å². The van der Waals surface area contributed by atoms with E-state index in [1.807, 2.05) is 0 Å². The molecule has 0 aliphatic carbocycles. The third kappa shape index (κ3) is 2.78. The van der Waals surface area contributed by atoms with Gasteiger partial charge in [0.15, 0.2) is 0 Å². The first-order valence-electron chi connectivity index (χ1n) is 7.33. The zero-order chi connectivity index (χ0) is 11.4. The fourth-order valence-corrected chi connectivity index (χ4v) is 3.51. The third-order valence-electron chi connectivity index (χ3n) is 4.62. The smallest absolute Gasteiger partial charge is 0.0122 e. The molecule has 2 saturated heterocycles. The summed E-state index contributed by atoms with van der Waals surface area (Å²) in [6.45, 7) is 9.92. The van der Waals surface area contributed by atoms with E-state index in [1.54, 1.807) is 0 Å². The van der Waals surface area contributed by atoms with Crippen LogP contribution in [-0.2, 0) is 0 Å². The van der Waals surface area contributed by atoms with Crippen molar-refractivity contribution in [1.29, 1.82) is 0 Å². The molecule has 1 atom stereocenters. The van der Waals surface area contributed by atoms with Gasteiger partial charge >= 0.3 is 0 Å². The van der Waals surface area contributed by atoms with Gasteiger partial charge in [-0.25, -0.2) is 0 Å². The average Bonchev–Trinajstić information content (AvgIpc) is 2.39. The van der Waals surface area contributed by atoms with Gasteiger partial charge in [-0.3, -0.25) is 4.90 Å². The van der Waals surface area contributed by atoms with Crippen LogP contribution in [0.25, 0.3) is 0 Å². The van der Waals surface area contributed by atoms with Crippen LogP contribution < -0.4 is 0 Å². The van der Waals surface area contributed by atoms with E-state index in [1.165, 1.54) is 64.7 Å². The summed E-state index contributed by atoms with van der Waals surface area (Å²) in [5, 5.41) is 0. The van der Waals surface area contributed by atoms with E-state index in [4.69, 9.17) is 0 Å². The van der Waals surface area contributed by atoms with E-state index in [9.17, 15) is 0 Å². The van der Waals surface area contributed by atoms with Crippen LogP contribution >= 0.6 is 0 Å². The molecule has 2 heterocycles. The highest BCUT2D eigenvalue weighted by Gasteiger charge is 2.29. The van der Waals surface area contributed by atoms with Crippen molar-refractivity contribution in [2.45, 2.75) is 64.5 Å². The standard InChI is InChI=1S/C14H28N2/c1-3-13-7-5-6-10-16(13)14-8-11-15(4-2)12-9-14/h13-14H,3-12H2,1-2H3/t13-/m1/s1. The number of likely N-dealkylation sites (tertiary alicyclic amines) is 2. The molecule has 0 bridgehead atoms. The largest absolute Gasteiger partial charge is 0.303 e. The first-order valence-corrected chi connectivity index (χ1v) is 7.33. The Morgan fingerprint density at radius 2 is 1.69 bits per heavy atom. The molecule has 0 radical (unpaired) electrons. The number of rotatable bonds is 3. The van der Waals surface area contributed by atoms with Gasteiger partial charge in [0.1, 0.15) is 0 Å². The fraction of sp³-hybridized carbons (Fsp3) is 1.00. The van der Waals surface area contributed by atoms with E-state index in [0.717, 1.165) is 12.1 Å². The van der Waals surface area contributed by atoms with Gasteiger partial charge in [0.2, 0.25) is 0 Å². The molecule has 94 valence electrons. The second-order valence-electron chi connectivity index (χ2n) is 5.46. The molecule has 2 heteroatoms. The minimum Gasteiger partial charge on any atom is -0.303 e. The molecule has 0 amide bonds. The highest BCUT2D eigenvalue weighted by atomic mass is 15.2. The van der Waals surface area contributed by atoms with Crippen LogP contribution in [0.4, 0.5) is 0 Å². The lowest BCUT2D eigenvalue weighted by Gasteiger charge is -2.44. The summed E-state index contributed by atoms with van der Waals surface area (Å²) < 4.78 is 0. The van der Waals surface area contributed by atoms with Crippen molar-refractivity contribution in [1.82, 2.24) is 9.80 Å². The molecular weight excluding hydrogens is 196 g/mol. The first-order chi connectivity index (χ1) is 7.85. The molecule has 0 saturated carbocycles. The Morgan fingerprint density at radius 1 is 0.938 bits per heavy atom. The maximum atomic E-state index is 2.84. The van der Waals surface area contributed by atoms with Gasteiger partial charge in [0, 0.05) is 12.1 Å². The molecule has 2 aliphatic rings. The molecule has 2 fully saturated rings. The molecule has 16 heavy (non-hydrogen) atoms. The molecular formula is C14H28N2. The quantitative estimate of drug-likeness (QED) is 0.727. The molecule has 0 N–H and O–H groups in total. The van der Waals surface area contributed by atoms with Crippen molar-refractivity contribution in [3.63, 3.8) is 0 Å². The third-order valence-corrected chi connectivity index (χ3v) is 4.62. The second kappa shape index (κ2) is 6.02. The summed E-state index contributed by atoms with van der Waals surface area (Å²) in [5.74, 6) is 0. The van der Waals surface area contributed by atoms with Gasteiger partial charge in [-0.2, -0.15) is 0 Å². The topological polar surface area (TPSA) is 6.48 Å². The molecule has 0 spiro atoms. The van der Waals surface area contributed by atoms with Crippen molar-refractivity contribution in [3.8, 4) is 0 Å². The van der Waals surface area contributed by atoms with Crippen molar-refractivity contribution < 1.29 is 0 Å². The lowest BCUT2D eigenvalue weighted by molar-refractivity contribution is 0.0500. The zero-order valence-electron chi connectivity index (χ0n) is 11.1. The van der Waals surface area contributed by atoms with E-state index in [0.29, 0.717) is 0 Å². The van der Waals surface area contributed by atoms with Gasteiger partial charge in [-0.15, -0.1) is 0 Å². The highest BCUT2D eigenvalue weighted by Crippen LogP contribution is 2.26. The second-order valence-corrected chi connectivity index (χ2v) is 5.46. The maximum Gasteiger partial charge on any atom is 0.0122 e. The summed E-state index contributed by atoms with van der Waals surface area (Å²) in [7, 11) is 0. The normalized spacial score (nSPS) is 30.8. The lowest BCUT2D eigenvalue weighted by Crippen LogP contribution is -2.50. The van der Waals surface area contributed by atoms with Crippen molar-refractivity contribution in [3.05, 3.63) is 0 Å². The summed E-state index contributed by atoms with van der Waals surface area (Å²) in [4.78, 5) is 5.44. The van der Waals surface area contributed by atoms with Gasteiger partial charge in [0.25, 0.3) is 0 Å². The zero-order valence-corrected chi connectivity index (χ0v) is 11.1. The Kier molecular flexibility index (Phi) is 4.66. The molecule has 0 aromatic heterocycles. The van der Waals surface area contributed by atoms with Crippen molar-refractivity contribution in [2.24, 2.45) is 0 Å². The van der Waals surface area contributed by atoms with Crippen LogP contribution in [0.2, 0.25) is 0 Å². The van der Waals surface area contributed by atoms with E-state index >= 15 is 0 Å². The van der Waals surface area contributed by atoms with Gasteiger partial charge in [0.05, 0.1) is 0 Å². The van der Waals surface area contributed by atoms with Crippen molar-refractivity contribution in [2.75, 3.05) is 26.2 Å². The predicted molar refractivity (Wildman–Crippen MR) is 69.8 cm³/mol. The number of piperidine rings is 2. The average molecular weight is 224 g/mol. The summed E-state index contributed by atoms with van der Waals surface area (Å²) in [5.41, 5.74) is 0. The molecule has 2 rings (SSSR count). The number of hydrogen-bond donors (Lipinski definition) is 0. The van der Waals surface area contributed by atoms with Crippen LogP contribution in [0, 0.1) is 0 Å². The monoisotopic (exact) mass is 224 g/mol. The van der Waals surface area contributed by atoms with Crippen LogP contribution in [0.1, 0.15) is 52.4 Å². The Bertz CT molecular complexity index is 197. The van der Waals surface area contributed by atoms with E-state index in [-0.39, 0.29) is 0 Å². The minimum absolute atomic E-state index is 0.895. The number of nitrogens with zero attached hydrogens (tertiary/aromatic N) is 2. The van der Waals surface area contributed by atoms with Crippen molar-refractivity contribution >= 4 is 0 Å². The Labute approximate surface area is 101 Å². The number of hydrogen-bond acceptors (Lipinski definition) is 2. The minimum atomic E-state index is 0.895. The fourth-order valence-electron chi connectivity index (χ4n) is 3.51. The lowest BCUT2D eigenvalue weighted by atomic mass is 9.94. The molecule has 2 aliphatic heterocycles. The van der Waals surface area contributed by atoms with Crippen LogP contribution in [0.3, 0.4) is 0 Å². The SMILES string of the molecule is CC[C@@H]1CCCCN1C1CCN(CC)CC1. The summed E-state index contributed by atoms with van der Waals surface area (Å²) >= 11 is 0. The molecule has 0 aromatic carbocycles. The predicted octanol–water partition coefficient (Wildman–Crippen LogP) is 2.74. The van der Waals surface area contributed by atoms with Crippen LogP contribution in [0.5, 0.6) is 0 Å². The Morgan fingerprint density at radius 3 is 2.31 bits per heavy atom. The van der Waals surface area contributed by atoms with E-state index < -0.39 is 0 Å². The summed E-state index contributed by atoms with van der Waals surface area (Å²) in [6, 6.07) is 1.79.